The Kier molecular flexibility index (Phi) is 6.42. The first-order chi connectivity index (χ1) is 17.5. The Morgan fingerprint density at radius 3 is 2.75 bits per heavy atom. The van der Waals surface area contributed by atoms with E-state index in [1.807, 2.05) is 4.68 Å². The average molecular weight is 491 g/mol. The largest absolute Gasteiger partial charge is 0.376 e. The van der Waals surface area contributed by atoms with E-state index in [0.29, 0.717) is 12.0 Å². The van der Waals surface area contributed by atoms with Gasteiger partial charge in [0, 0.05) is 29.6 Å². The summed E-state index contributed by atoms with van der Waals surface area (Å²) < 4.78 is 7.81. The number of ether oxygens (including phenoxy) is 1. The molecule has 1 spiro atoms. The zero-order valence-corrected chi connectivity index (χ0v) is 21.6. The molecule has 0 unspecified atom stereocenters. The Labute approximate surface area is 212 Å². The maximum absolute atomic E-state index is 13.7. The number of pyridine rings is 1. The second-order valence-electron chi connectivity index (χ2n) is 11.5. The van der Waals surface area contributed by atoms with E-state index in [0.717, 1.165) is 66.8 Å². The molecule has 3 aliphatic rings. The molecular formula is C28H38N6O2. The number of tetrazole rings is 1. The topological polar surface area (TPSA) is 88.9 Å². The van der Waals surface area contributed by atoms with Gasteiger partial charge in [-0.2, -0.15) is 0 Å². The second kappa shape index (κ2) is 9.71. The van der Waals surface area contributed by atoms with Crippen molar-refractivity contribution in [3.05, 3.63) is 51.1 Å². The molecule has 3 aromatic rings. The van der Waals surface area contributed by atoms with Crippen molar-refractivity contribution < 1.29 is 4.74 Å². The normalized spacial score (nSPS) is 23.4. The van der Waals surface area contributed by atoms with Crippen LogP contribution in [0.5, 0.6) is 0 Å². The highest BCUT2D eigenvalue weighted by Crippen LogP contribution is 2.45. The molecular weight excluding hydrogens is 452 g/mol. The number of benzene rings is 1. The van der Waals surface area contributed by atoms with E-state index in [4.69, 9.17) is 4.74 Å². The number of hydrogen-bond donors (Lipinski definition) is 1. The van der Waals surface area contributed by atoms with Crippen molar-refractivity contribution in [2.24, 2.45) is 5.41 Å². The van der Waals surface area contributed by atoms with Gasteiger partial charge in [-0.25, -0.2) is 4.68 Å². The van der Waals surface area contributed by atoms with E-state index in [9.17, 15) is 4.79 Å². The summed E-state index contributed by atoms with van der Waals surface area (Å²) in [6.45, 7) is 7.55. The van der Waals surface area contributed by atoms with Gasteiger partial charge in [-0.05, 0) is 98.0 Å². The molecule has 0 amide bonds. The van der Waals surface area contributed by atoms with Crippen molar-refractivity contribution in [2.75, 3.05) is 19.7 Å². The van der Waals surface area contributed by atoms with Crippen LogP contribution in [0.1, 0.15) is 86.3 Å². The van der Waals surface area contributed by atoms with E-state index in [-0.39, 0.29) is 17.7 Å². The van der Waals surface area contributed by atoms with E-state index in [1.54, 1.807) is 0 Å². The first-order valence-electron chi connectivity index (χ1n) is 13.8. The van der Waals surface area contributed by atoms with Crippen molar-refractivity contribution in [1.29, 1.82) is 0 Å². The van der Waals surface area contributed by atoms with Gasteiger partial charge in [0.05, 0.1) is 12.6 Å². The quantitative estimate of drug-likeness (QED) is 0.569. The molecule has 8 heteroatoms. The van der Waals surface area contributed by atoms with Crippen LogP contribution in [0.3, 0.4) is 0 Å². The lowest BCUT2D eigenvalue weighted by Gasteiger charge is -2.47. The zero-order valence-electron chi connectivity index (χ0n) is 21.6. The summed E-state index contributed by atoms with van der Waals surface area (Å²) in [5.74, 6) is 0.757. The summed E-state index contributed by atoms with van der Waals surface area (Å²) >= 11 is 0. The van der Waals surface area contributed by atoms with Gasteiger partial charge in [0.2, 0.25) is 0 Å². The predicted molar refractivity (Wildman–Crippen MR) is 139 cm³/mol. The van der Waals surface area contributed by atoms with Gasteiger partial charge < -0.3 is 9.72 Å². The third-order valence-electron chi connectivity index (χ3n) is 8.81. The van der Waals surface area contributed by atoms with Gasteiger partial charge in [0.1, 0.15) is 6.04 Å². The number of aryl methyl sites for hydroxylation is 2. The highest BCUT2D eigenvalue weighted by Gasteiger charge is 2.41. The number of fused-ring (bicyclic) bond motifs is 1. The molecule has 1 aromatic carbocycles. The third-order valence-corrected chi connectivity index (χ3v) is 8.81. The molecule has 2 saturated heterocycles. The minimum atomic E-state index is -0.283. The van der Waals surface area contributed by atoms with E-state index >= 15 is 0 Å². The predicted octanol–water partition coefficient (Wildman–Crippen LogP) is 4.45. The van der Waals surface area contributed by atoms with Crippen LogP contribution in [-0.2, 0) is 11.3 Å². The summed E-state index contributed by atoms with van der Waals surface area (Å²) in [4.78, 5) is 19.4. The van der Waals surface area contributed by atoms with Crippen LogP contribution >= 0.6 is 0 Å². The summed E-state index contributed by atoms with van der Waals surface area (Å²) in [6, 6.07) is 6.05. The van der Waals surface area contributed by atoms with Gasteiger partial charge in [0.15, 0.2) is 5.82 Å². The number of nitrogens with zero attached hydrogens (tertiary/aromatic N) is 5. The van der Waals surface area contributed by atoms with Crippen LogP contribution in [0.2, 0.25) is 0 Å². The molecule has 3 fully saturated rings. The lowest BCUT2D eigenvalue weighted by molar-refractivity contribution is 0.0326. The highest BCUT2D eigenvalue weighted by molar-refractivity contribution is 5.83. The molecule has 1 N–H and O–H groups in total. The molecule has 6 rings (SSSR count). The summed E-state index contributed by atoms with van der Waals surface area (Å²) in [7, 11) is 0. The van der Waals surface area contributed by atoms with Crippen LogP contribution in [-0.4, -0.2) is 55.9 Å². The smallest absolute Gasteiger partial charge is 0.253 e. The number of rotatable bonds is 5. The third kappa shape index (κ3) is 4.50. The number of nitrogens with one attached hydrogen (secondary N) is 1. The first-order valence-corrected chi connectivity index (χ1v) is 13.8. The van der Waals surface area contributed by atoms with Crippen molar-refractivity contribution in [2.45, 2.75) is 90.3 Å². The van der Waals surface area contributed by atoms with Crippen molar-refractivity contribution in [1.82, 2.24) is 30.1 Å². The van der Waals surface area contributed by atoms with Crippen molar-refractivity contribution in [3.8, 4) is 0 Å². The summed E-state index contributed by atoms with van der Waals surface area (Å²) in [5.41, 5.74) is 4.25. The van der Waals surface area contributed by atoms with Crippen LogP contribution in [0.15, 0.2) is 23.0 Å². The Bertz CT molecular complexity index is 1280. The number of likely N-dealkylation sites (tertiary alicyclic amines) is 1. The van der Waals surface area contributed by atoms with E-state index in [1.165, 1.54) is 44.1 Å². The first kappa shape index (κ1) is 23.8. The maximum atomic E-state index is 13.7. The minimum Gasteiger partial charge on any atom is -0.376 e. The van der Waals surface area contributed by atoms with Crippen LogP contribution < -0.4 is 5.56 Å². The van der Waals surface area contributed by atoms with Crippen molar-refractivity contribution >= 4 is 10.9 Å². The fraction of sp³-hybridized carbons (Fsp3) is 0.643. The summed E-state index contributed by atoms with van der Waals surface area (Å²) in [5, 5.41) is 14.1. The van der Waals surface area contributed by atoms with Crippen LogP contribution in [0.4, 0.5) is 0 Å². The molecule has 192 valence electrons. The highest BCUT2D eigenvalue weighted by atomic mass is 16.5. The van der Waals surface area contributed by atoms with Gasteiger partial charge in [-0.3, -0.25) is 9.69 Å². The number of aromatic amines is 1. The number of aromatic nitrogens is 5. The lowest BCUT2D eigenvalue weighted by atomic mass is 9.69. The zero-order chi connectivity index (χ0) is 24.7. The van der Waals surface area contributed by atoms with E-state index in [2.05, 4.69) is 57.5 Å². The summed E-state index contributed by atoms with van der Waals surface area (Å²) in [6.07, 6.45) is 11.2. The Hall–Kier alpha value is -2.58. The Balaban J connectivity index is 1.45. The molecule has 0 radical (unpaired) electrons. The second-order valence-corrected chi connectivity index (χ2v) is 11.5. The standard InChI is InChI=1S/C28H38N6O2/c1-19-14-20(2)22-16-23(27(35)29-24(22)15-19)25(26-30-31-32-34(26)17-21-8-6-13-36-21)33-12-7-11-28(18-33)9-4-3-5-10-28/h14-16,21,25H,3-13,17-18H2,1-2H3,(H,29,35)/t21-,25+/m0/s1. The minimum absolute atomic E-state index is 0.0487. The molecule has 2 atom stereocenters. The molecule has 4 heterocycles. The monoisotopic (exact) mass is 490 g/mol. The number of hydrogen-bond acceptors (Lipinski definition) is 6. The Morgan fingerprint density at radius 1 is 1.11 bits per heavy atom. The van der Waals surface area contributed by atoms with Gasteiger partial charge in [0.25, 0.3) is 5.56 Å². The van der Waals surface area contributed by atoms with E-state index < -0.39 is 0 Å². The number of H-pyrrole nitrogens is 1. The molecule has 2 aromatic heterocycles. The maximum Gasteiger partial charge on any atom is 0.253 e. The molecule has 1 aliphatic carbocycles. The molecule has 2 aliphatic heterocycles. The molecule has 0 bridgehead atoms. The van der Waals surface area contributed by atoms with Crippen LogP contribution in [0, 0.1) is 19.3 Å². The fourth-order valence-electron chi connectivity index (χ4n) is 7.09. The lowest BCUT2D eigenvalue weighted by Crippen LogP contribution is -2.47. The SMILES string of the molecule is Cc1cc(C)c2cc([C@H](c3nnnn3C[C@@H]3CCCO3)N3CCCC4(CCCCC4)C3)c(=O)[nH]c2c1. The molecule has 1 saturated carbocycles. The van der Waals surface area contributed by atoms with Gasteiger partial charge in [-0.1, -0.05) is 25.3 Å². The van der Waals surface area contributed by atoms with Gasteiger partial charge in [-0.15, -0.1) is 5.10 Å². The van der Waals surface area contributed by atoms with Crippen molar-refractivity contribution in [3.63, 3.8) is 0 Å². The van der Waals surface area contributed by atoms with Gasteiger partial charge >= 0.3 is 0 Å². The molecule has 36 heavy (non-hydrogen) atoms. The molecule has 8 nitrogen and oxygen atoms in total. The fourth-order valence-corrected chi connectivity index (χ4v) is 7.09. The average Bonchev–Trinajstić information content (AvgIpc) is 3.53. The Morgan fingerprint density at radius 2 is 1.94 bits per heavy atom. The number of piperidine rings is 1. The van der Waals surface area contributed by atoms with Crippen LogP contribution in [0.25, 0.3) is 10.9 Å².